The molecule has 0 aromatic carbocycles. The number of aryl methyl sites for hydroxylation is 2. The summed E-state index contributed by atoms with van der Waals surface area (Å²) in [5, 5.41) is 12.5. The van der Waals surface area contributed by atoms with E-state index in [2.05, 4.69) is 20.3 Å². The topological polar surface area (TPSA) is 94.9 Å². The molecule has 9 nitrogen and oxygen atoms in total. The van der Waals surface area contributed by atoms with Gasteiger partial charge in [-0.1, -0.05) is 18.0 Å². The molecule has 0 aliphatic carbocycles. The molecule has 1 fully saturated rings. The van der Waals surface area contributed by atoms with Crippen LogP contribution in [0.5, 0.6) is 0 Å². The number of hydrogen-bond acceptors (Lipinski definition) is 6. The number of amides is 1. The van der Waals surface area contributed by atoms with Gasteiger partial charge in [-0.05, 0) is 19.8 Å². The molecular formula is C18H23N7O2. The number of carbonyl (C=O) groups is 1. The van der Waals surface area contributed by atoms with E-state index in [0.717, 1.165) is 37.8 Å². The monoisotopic (exact) mass is 369 g/mol. The summed E-state index contributed by atoms with van der Waals surface area (Å²) >= 11 is 0. The Hall–Kier alpha value is -2.97. The highest BCUT2D eigenvalue weighted by Crippen LogP contribution is 2.31. The molecule has 0 radical (unpaired) electrons. The van der Waals surface area contributed by atoms with Crippen LogP contribution < -0.4 is 0 Å². The van der Waals surface area contributed by atoms with Crippen LogP contribution in [0.4, 0.5) is 0 Å². The standard InChI is InChI=1S/C18H23N7O2/c1-3-24-12-14(10-20-24)18(26)25-8-6-4-5-7-15(25)16-21-17(27-22-16)13-9-19-23(2)11-13/h9-12,15H,3-8H2,1-2H3/t15-/m0/s1. The molecule has 27 heavy (non-hydrogen) atoms. The Kier molecular flexibility index (Phi) is 4.74. The second-order valence-corrected chi connectivity index (χ2v) is 6.81. The van der Waals surface area contributed by atoms with Gasteiger partial charge in [-0.3, -0.25) is 14.2 Å². The van der Waals surface area contributed by atoms with Gasteiger partial charge in [0.15, 0.2) is 5.82 Å². The average molecular weight is 369 g/mol. The third-order valence-electron chi connectivity index (χ3n) is 4.91. The first kappa shape index (κ1) is 17.4. The molecule has 1 aliphatic rings. The second-order valence-electron chi connectivity index (χ2n) is 6.81. The van der Waals surface area contributed by atoms with Crippen LogP contribution in [0.2, 0.25) is 0 Å². The number of carbonyl (C=O) groups excluding carboxylic acids is 1. The summed E-state index contributed by atoms with van der Waals surface area (Å²) in [4.78, 5) is 19.5. The molecule has 0 N–H and O–H groups in total. The van der Waals surface area contributed by atoms with Crippen molar-refractivity contribution in [3.63, 3.8) is 0 Å². The lowest BCUT2D eigenvalue weighted by Crippen LogP contribution is -2.35. The summed E-state index contributed by atoms with van der Waals surface area (Å²) < 4.78 is 8.89. The highest BCUT2D eigenvalue weighted by molar-refractivity contribution is 5.94. The van der Waals surface area contributed by atoms with Crippen LogP contribution in [0.1, 0.15) is 54.8 Å². The van der Waals surface area contributed by atoms with Gasteiger partial charge in [0.05, 0.1) is 29.6 Å². The first-order chi connectivity index (χ1) is 13.2. The first-order valence-electron chi connectivity index (χ1n) is 9.31. The minimum atomic E-state index is -0.195. The molecule has 9 heteroatoms. The van der Waals surface area contributed by atoms with Crippen LogP contribution in [0, 0.1) is 0 Å². The SMILES string of the molecule is CCn1cc(C(=O)N2CCCCC[C@H]2c2noc(-c3cnn(C)c3)n2)cn1. The van der Waals surface area contributed by atoms with E-state index < -0.39 is 0 Å². The van der Waals surface area contributed by atoms with Crippen LogP contribution in [-0.2, 0) is 13.6 Å². The van der Waals surface area contributed by atoms with E-state index >= 15 is 0 Å². The fraction of sp³-hybridized carbons (Fsp3) is 0.500. The largest absolute Gasteiger partial charge is 0.334 e. The van der Waals surface area contributed by atoms with Gasteiger partial charge in [0, 0.05) is 32.5 Å². The van der Waals surface area contributed by atoms with E-state index in [0.29, 0.717) is 23.8 Å². The second kappa shape index (κ2) is 7.34. The van der Waals surface area contributed by atoms with E-state index in [9.17, 15) is 4.79 Å². The minimum Gasteiger partial charge on any atom is -0.334 e. The van der Waals surface area contributed by atoms with Crippen molar-refractivity contribution in [2.24, 2.45) is 7.05 Å². The molecule has 4 heterocycles. The van der Waals surface area contributed by atoms with Gasteiger partial charge in [-0.15, -0.1) is 0 Å². The summed E-state index contributed by atoms with van der Waals surface area (Å²) in [7, 11) is 1.84. The van der Waals surface area contributed by atoms with Gasteiger partial charge < -0.3 is 9.42 Å². The number of rotatable bonds is 4. The molecular weight excluding hydrogens is 346 g/mol. The van der Waals surface area contributed by atoms with Gasteiger partial charge in [0.1, 0.15) is 0 Å². The third-order valence-corrected chi connectivity index (χ3v) is 4.91. The summed E-state index contributed by atoms with van der Waals surface area (Å²) in [5.74, 6) is 0.940. The number of hydrogen-bond donors (Lipinski definition) is 0. The van der Waals surface area contributed by atoms with E-state index in [-0.39, 0.29) is 11.9 Å². The smallest absolute Gasteiger partial charge is 0.261 e. The summed E-state index contributed by atoms with van der Waals surface area (Å²) in [6.45, 7) is 3.41. The Morgan fingerprint density at radius 2 is 2.11 bits per heavy atom. The Morgan fingerprint density at radius 1 is 1.22 bits per heavy atom. The highest BCUT2D eigenvalue weighted by Gasteiger charge is 2.31. The van der Waals surface area contributed by atoms with E-state index in [1.54, 1.807) is 28.0 Å². The van der Waals surface area contributed by atoms with Crippen molar-refractivity contribution in [2.45, 2.75) is 45.2 Å². The van der Waals surface area contributed by atoms with Crippen molar-refractivity contribution in [3.05, 3.63) is 36.2 Å². The normalized spacial score (nSPS) is 17.9. The predicted octanol–water partition coefficient (Wildman–Crippen LogP) is 2.44. The number of likely N-dealkylation sites (tertiary alicyclic amines) is 1. The maximum Gasteiger partial charge on any atom is 0.261 e. The fourth-order valence-electron chi connectivity index (χ4n) is 3.45. The zero-order chi connectivity index (χ0) is 18.8. The Morgan fingerprint density at radius 3 is 2.85 bits per heavy atom. The molecule has 1 amide bonds. The molecule has 3 aromatic rings. The lowest BCUT2D eigenvalue weighted by atomic mass is 10.1. The van der Waals surface area contributed by atoms with Crippen LogP contribution >= 0.6 is 0 Å². The maximum absolute atomic E-state index is 13.1. The van der Waals surface area contributed by atoms with Crippen LogP contribution in [0.15, 0.2) is 29.3 Å². The highest BCUT2D eigenvalue weighted by atomic mass is 16.5. The van der Waals surface area contributed by atoms with Crippen molar-refractivity contribution in [1.82, 2.24) is 34.6 Å². The molecule has 0 unspecified atom stereocenters. The van der Waals surface area contributed by atoms with Crippen molar-refractivity contribution in [2.75, 3.05) is 6.54 Å². The van der Waals surface area contributed by atoms with Gasteiger partial charge in [0.25, 0.3) is 11.8 Å². The van der Waals surface area contributed by atoms with Gasteiger partial charge >= 0.3 is 0 Å². The van der Waals surface area contributed by atoms with Gasteiger partial charge in [0.2, 0.25) is 0 Å². The molecule has 1 aliphatic heterocycles. The molecule has 0 spiro atoms. The van der Waals surface area contributed by atoms with Crippen molar-refractivity contribution < 1.29 is 9.32 Å². The molecule has 4 rings (SSSR count). The van der Waals surface area contributed by atoms with E-state index in [1.807, 2.05) is 25.1 Å². The average Bonchev–Trinajstić information content (AvgIpc) is 3.39. The quantitative estimate of drug-likeness (QED) is 0.701. The van der Waals surface area contributed by atoms with Crippen molar-refractivity contribution >= 4 is 5.91 Å². The minimum absolute atomic E-state index is 0.0330. The van der Waals surface area contributed by atoms with Crippen LogP contribution in [0.25, 0.3) is 11.5 Å². The number of aromatic nitrogens is 6. The number of nitrogens with zero attached hydrogens (tertiary/aromatic N) is 7. The third kappa shape index (κ3) is 3.49. The van der Waals surface area contributed by atoms with E-state index in [4.69, 9.17) is 4.52 Å². The van der Waals surface area contributed by atoms with Crippen molar-refractivity contribution in [1.29, 1.82) is 0 Å². The Bertz CT molecular complexity index is 926. The maximum atomic E-state index is 13.1. The molecule has 3 aromatic heterocycles. The molecule has 0 saturated carbocycles. The summed E-state index contributed by atoms with van der Waals surface area (Å²) in [5.41, 5.74) is 1.37. The lowest BCUT2D eigenvalue weighted by molar-refractivity contribution is 0.0670. The Balaban J connectivity index is 1.62. The van der Waals surface area contributed by atoms with E-state index in [1.165, 1.54) is 0 Å². The van der Waals surface area contributed by atoms with Gasteiger partial charge in [-0.2, -0.15) is 15.2 Å². The lowest BCUT2D eigenvalue weighted by Gasteiger charge is -2.27. The van der Waals surface area contributed by atoms with Crippen molar-refractivity contribution in [3.8, 4) is 11.5 Å². The fourth-order valence-corrected chi connectivity index (χ4v) is 3.45. The Labute approximate surface area is 157 Å². The summed E-state index contributed by atoms with van der Waals surface area (Å²) in [6, 6.07) is -0.195. The first-order valence-corrected chi connectivity index (χ1v) is 9.31. The van der Waals surface area contributed by atoms with Crippen LogP contribution in [0.3, 0.4) is 0 Å². The zero-order valence-corrected chi connectivity index (χ0v) is 15.6. The zero-order valence-electron chi connectivity index (χ0n) is 15.6. The molecule has 142 valence electrons. The van der Waals surface area contributed by atoms with Crippen LogP contribution in [-0.4, -0.2) is 47.1 Å². The van der Waals surface area contributed by atoms with Gasteiger partial charge in [-0.25, -0.2) is 0 Å². The summed E-state index contributed by atoms with van der Waals surface area (Å²) in [6.07, 6.45) is 10.8. The molecule has 1 saturated heterocycles. The molecule has 0 bridgehead atoms. The molecule has 1 atom stereocenters. The predicted molar refractivity (Wildman–Crippen MR) is 96.6 cm³/mol.